The van der Waals surface area contributed by atoms with Crippen molar-refractivity contribution in [2.24, 2.45) is 0 Å². The van der Waals surface area contributed by atoms with Gasteiger partial charge in [-0.2, -0.15) is 19.2 Å². The number of alkyl halides is 6. The number of rotatable bonds is 12. The first-order valence-corrected chi connectivity index (χ1v) is 35.5. The molecule has 6 unspecified atom stereocenters. The molecule has 0 amide bonds. The zero-order valence-corrected chi connectivity index (χ0v) is 64.8. The van der Waals surface area contributed by atoms with Crippen LogP contribution in [0.25, 0.3) is 0 Å². The number of ether oxygens (including phenoxy) is 6. The lowest BCUT2D eigenvalue weighted by atomic mass is 9.95. The van der Waals surface area contributed by atoms with Crippen LogP contribution in [0.15, 0.2) is 101 Å². The van der Waals surface area contributed by atoms with Gasteiger partial charge in [0.1, 0.15) is 85.8 Å². The van der Waals surface area contributed by atoms with Crippen molar-refractivity contribution < 1.29 is 120 Å². The van der Waals surface area contributed by atoms with Crippen LogP contribution in [0.2, 0.25) is 0 Å². The van der Waals surface area contributed by atoms with E-state index in [1.165, 1.54) is 55.4 Å². The number of aromatic nitrogens is 14. The first-order valence-electron chi connectivity index (χ1n) is 35.5. The molecule has 0 aliphatic carbocycles. The van der Waals surface area contributed by atoms with Crippen molar-refractivity contribution in [3.63, 3.8) is 0 Å². The number of halogens is 7. The number of nitrogens with zero attached hydrogens (tertiary/aromatic N) is 8. The van der Waals surface area contributed by atoms with Crippen LogP contribution < -0.4 is 67.6 Å². The second-order valence-corrected chi connectivity index (χ2v) is 28.1. The molecule has 0 radical (unpaired) electrons. The van der Waals surface area contributed by atoms with Crippen LogP contribution >= 0.6 is 0 Å². The maximum atomic E-state index is 14.9. The highest BCUT2D eigenvalue weighted by atomic mass is 19.2. The van der Waals surface area contributed by atoms with Gasteiger partial charge in [-0.15, -0.1) is 38.5 Å². The molecule has 51 heteroatoms. The molecule has 12 rings (SSSR count). The number of aliphatic hydroxyl groups is 12. The fraction of sp³-hybridized carbons (Fsp3) is 0.528. The third-order valence-corrected chi connectivity index (χ3v) is 19.6. The second kappa shape index (κ2) is 37.8. The Kier molecular flexibility index (Phi) is 30.2. The summed E-state index contributed by atoms with van der Waals surface area (Å²) in [7, 11) is 0. The lowest BCUT2D eigenvalue weighted by molar-refractivity contribution is -0.0850. The predicted octanol–water partition coefficient (Wildman–Crippen LogP) is -9.35. The number of aliphatic hydroxyl groups excluding tert-OH is 12. The Morgan fingerprint density at radius 2 is 0.675 bits per heavy atom. The van der Waals surface area contributed by atoms with Gasteiger partial charge < -0.3 is 89.7 Å². The third kappa shape index (κ3) is 18.9. The summed E-state index contributed by atoms with van der Waals surface area (Å²) in [5, 5.41) is 120. The van der Waals surface area contributed by atoms with Gasteiger partial charge >= 0.3 is 39.8 Å². The summed E-state index contributed by atoms with van der Waals surface area (Å²) in [5.41, 5.74) is -27.2. The topological polar surface area (TPSA) is 653 Å². The average Bonchev–Trinajstić information content (AvgIpc) is 1.63. The molecule has 123 heavy (non-hydrogen) atoms. The van der Waals surface area contributed by atoms with Crippen LogP contribution in [-0.4, -0.2) is 273 Å². The van der Waals surface area contributed by atoms with Crippen molar-refractivity contribution in [3.05, 3.63) is 185 Å². The van der Waals surface area contributed by atoms with Gasteiger partial charge in [0.05, 0.1) is 42.8 Å². The molecule has 666 valence electrons. The molecular formula is C72H79F7N14O30. The fourth-order valence-corrected chi connectivity index (χ4v) is 13.1. The summed E-state index contributed by atoms with van der Waals surface area (Å²) in [6.07, 6.45) is -3.17. The number of nitrogens with one attached hydrogen (secondary N) is 6. The lowest BCUT2D eigenvalue weighted by Gasteiger charge is -2.25. The predicted molar refractivity (Wildman–Crippen MR) is 399 cm³/mol. The number of terminal acetylenes is 6. The van der Waals surface area contributed by atoms with E-state index in [1.807, 2.05) is 24.9 Å². The monoisotopic (exact) mass is 1750 g/mol. The van der Waals surface area contributed by atoms with Crippen LogP contribution in [0.3, 0.4) is 0 Å². The second-order valence-electron chi connectivity index (χ2n) is 28.1. The number of hydrogen-bond acceptors (Lipinski definition) is 32. The maximum Gasteiger partial charge on any atom is 0.350 e. The molecule has 44 nitrogen and oxygen atoms in total. The van der Waals surface area contributed by atoms with E-state index in [-0.39, 0.29) is 11.4 Å². The van der Waals surface area contributed by atoms with Crippen molar-refractivity contribution in [2.75, 3.05) is 0 Å². The van der Waals surface area contributed by atoms with Gasteiger partial charge in [0.25, 0.3) is 27.8 Å². The van der Waals surface area contributed by atoms with Gasteiger partial charge in [-0.3, -0.25) is 76.7 Å². The minimum atomic E-state index is -2.88. The molecule has 18 N–H and O–H groups in total. The van der Waals surface area contributed by atoms with Gasteiger partial charge in [0, 0.05) is 35.8 Å². The minimum Gasteiger partial charge on any atom is -0.391 e. The van der Waals surface area contributed by atoms with E-state index < -0.39 is 255 Å². The van der Waals surface area contributed by atoms with Crippen molar-refractivity contribution >= 4 is 0 Å². The Morgan fingerprint density at radius 1 is 0.390 bits per heavy atom. The van der Waals surface area contributed by atoms with E-state index >= 15 is 0 Å². The highest BCUT2D eigenvalue weighted by molar-refractivity contribution is 5.26. The van der Waals surface area contributed by atoms with E-state index in [2.05, 4.69) is 10.1 Å². The Labute approximate surface area is 682 Å². The van der Waals surface area contributed by atoms with Crippen LogP contribution in [-0.2, 0) is 28.4 Å². The molecule has 6 fully saturated rings. The Morgan fingerprint density at radius 3 is 0.992 bits per heavy atom. The minimum absolute atomic E-state index is 0.115. The average molecular weight is 1750 g/mol. The Balaban J connectivity index is 0.000000203. The van der Waals surface area contributed by atoms with Crippen molar-refractivity contribution in [3.8, 4) is 74.1 Å². The molecule has 6 saturated heterocycles. The highest BCUT2D eigenvalue weighted by Crippen LogP contribution is 2.47. The van der Waals surface area contributed by atoms with E-state index in [4.69, 9.17) is 67.0 Å². The molecule has 6 aromatic rings. The molecule has 30 atom stereocenters. The smallest absolute Gasteiger partial charge is 0.350 e. The van der Waals surface area contributed by atoms with Crippen molar-refractivity contribution in [1.82, 2.24) is 67.5 Å². The van der Waals surface area contributed by atoms with Crippen LogP contribution in [0.5, 0.6) is 0 Å². The summed E-state index contributed by atoms with van der Waals surface area (Å²) >= 11 is 0. The zero-order valence-electron chi connectivity index (χ0n) is 64.8. The fourth-order valence-electron chi connectivity index (χ4n) is 13.1. The molecule has 0 saturated carbocycles. The van der Waals surface area contributed by atoms with Crippen LogP contribution in [0, 0.1) is 93.7 Å². The highest BCUT2D eigenvalue weighted by Gasteiger charge is 2.65. The third-order valence-electron chi connectivity index (χ3n) is 19.6. The standard InChI is InChI=1S/2C13H15FN2O5.C12H12F2N2O5.C12H13FN2O5.2C11H12FN3O5/c2*1-4-13(14)10(19)9(7(3)17)21-11(13)16-6(2)5-8(18)15-12(16)20;1-3-12(14)8(18)7(5(2)17)21-10(12)16-4-6(13)9(19)15-11(16)20;1-3-12(13)9(18)8(6(2)16)20-10(12)15-5-4-7(17)14-11(15)19;1-3-11(12)7(17)6(5(2)16)20-8(11)15-4-13-9(18)14-10(15)19;1-3-11(12)8(18)7(5(2)16)20-9(11)15-10(19)14-6(17)4-13-15/h2*1,5,7,9-11,17,19H,2-3H3,(H,15,18,20);1,4-5,7-8,10,17-18H,2H3,(H,15,19,20);1,4-6,8-10,16,18H,2H3,(H,14,17,19);1,4-8,16-17H,2H3,(H,14,18,19);1,4-5,7-9,16,18H,2H3,(H,14,17,19)/t7-,9+,10-,11+,13?;7-,9-,10+,11-,13?;5-,7-,8+,10-,12?;6-,8-,9+,10-,12?;5-,6-,7+,8-,11?;5-,7-,8+,9-,11?/m011111/s1. The largest absolute Gasteiger partial charge is 0.391 e. The first kappa shape index (κ1) is 98.2. The number of H-pyrrole nitrogens is 6. The quantitative estimate of drug-likeness (QED) is 0.0400. The number of hydrogen-bond donors (Lipinski definition) is 18. The lowest BCUT2D eigenvalue weighted by Crippen LogP contribution is -2.46. The van der Waals surface area contributed by atoms with Gasteiger partial charge in [0.15, 0.2) is 31.1 Å². The van der Waals surface area contributed by atoms with Gasteiger partial charge in [-0.25, -0.2) is 59.9 Å². The number of aryl methyl sites for hydroxylation is 2. The summed E-state index contributed by atoms with van der Waals surface area (Å²) in [5.74, 6) is 9.09. The van der Waals surface area contributed by atoms with E-state index in [0.717, 1.165) is 50.6 Å². The Hall–Kier alpha value is -11.9. The van der Waals surface area contributed by atoms with Crippen molar-refractivity contribution in [2.45, 2.75) is 237 Å². The summed E-state index contributed by atoms with van der Waals surface area (Å²) in [4.78, 5) is 151. The number of aromatic amines is 6. The molecule has 0 bridgehead atoms. The summed E-state index contributed by atoms with van der Waals surface area (Å²) in [6.45, 7) is 10.5. The van der Waals surface area contributed by atoms with Crippen LogP contribution in [0.4, 0.5) is 30.7 Å². The molecule has 0 aromatic carbocycles. The zero-order chi connectivity index (χ0) is 93.1. The Bertz CT molecular complexity index is 5540. The van der Waals surface area contributed by atoms with E-state index in [0.29, 0.717) is 20.0 Å². The van der Waals surface area contributed by atoms with Gasteiger partial charge in [-0.05, 0) is 55.4 Å². The molecular weight excluding hydrogens is 1670 g/mol. The van der Waals surface area contributed by atoms with Crippen LogP contribution in [0.1, 0.15) is 90.3 Å². The van der Waals surface area contributed by atoms with E-state index in [9.17, 15) is 150 Å². The van der Waals surface area contributed by atoms with Gasteiger partial charge in [0.2, 0.25) is 46.1 Å². The normalized spacial score (nSPS) is 34.1. The first-order chi connectivity index (χ1) is 57.1. The summed E-state index contributed by atoms with van der Waals surface area (Å²) < 4.78 is 137. The van der Waals surface area contributed by atoms with Gasteiger partial charge in [-0.1, -0.05) is 35.5 Å². The van der Waals surface area contributed by atoms with Crippen molar-refractivity contribution in [1.29, 1.82) is 0 Å². The molecule has 6 aromatic heterocycles. The summed E-state index contributed by atoms with van der Waals surface area (Å²) in [6, 6.07) is 3.14. The molecule has 6 aliphatic rings. The molecule has 6 aliphatic heterocycles. The molecule has 0 spiro atoms. The molecule has 12 heterocycles. The maximum absolute atomic E-state index is 14.9. The van der Waals surface area contributed by atoms with E-state index in [1.54, 1.807) is 40.5 Å². The SMILES string of the molecule is C#CC1(F)[C@@H](O)[C@@H]([C@@H](C)O)O[C@H]1n1c(C)cc(=O)[nH]c1=O.C#CC1(F)[C@@H](O)[C@@H]([C@@H](C)O)O[C@H]1n1cc(F)c(=O)[nH]c1=O.C#CC1(F)[C@@H](O)[C@@H]([C@@H](C)O)O[C@H]1n1ccc(=O)[nH]c1=O.C#CC1(F)[C@@H](O)[C@@H]([C@@H](C)O)O[C@H]1n1cnc(=O)[nH]c1=O.C#CC1(F)[C@@H](O)[C@@H]([C@@H](C)O)O[C@H]1n1ncc(=O)[nH]c1=O.C#CC1(F)[C@@H](O)[C@@H]([C@H](C)O)O[C@H]1n1c(C)cc(=O)[nH]c1=O.